The first-order valence-corrected chi connectivity index (χ1v) is 6.67. The Morgan fingerprint density at radius 1 is 1.19 bits per heavy atom. The van der Waals surface area contributed by atoms with E-state index >= 15 is 0 Å². The van der Waals surface area contributed by atoms with Crippen molar-refractivity contribution in [1.82, 2.24) is 0 Å². The average molecular weight is 273 g/mol. The van der Waals surface area contributed by atoms with Crippen molar-refractivity contribution in [3.8, 4) is 0 Å². The lowest BCUT2D eigenvalue weighted by Crippen LogP contribution is -2.60. The third-order valence-electron chi connectivity index (χ3n) is 2.65. The molecule has 1 fully saturated rings. The van der Waals surface area contributed by atoms with Crippen molar-refractivity contribution in [3.05, 3.63) is 0 Å². The number of aliphatic hydroxyl groups excluding tert-OH is 4. The molecule has 1 rings (SSSR count). The second-order valence-electron chi connectivity index (χ2n) is 3.84. The van der Waals surface area contributed by atoms with E-state index in [-0.39, 0.29) is 0 Å². The molecule has 0 aromatic heterocycles. The van der Waals surface area contributed by atoms with E-state index in [4.69, 9.17) is 16.3 Å². The van der Waals surface area contributed by atoms with Crippen LogP contribution < -0.4 is 0 Å². The van der Waals surface area contributed by atoms with Gasteiger partial charge in [0.2, 0.25) is 0 Å². The van der Waals surface area contributed by atoms with E-state index in [9.17, 15) is 20.4 Å². The van der Waals surface area contributed by atoms with Crippen molar-refractivity contribution in [1.29, 1.82) is 0 Å². The van der Waals surface area contributed by atoms with Crippen LogP contribution in [0.3, 0.4) is 0 Å². The van der Waals surface area contributed by atoms with Crippen LogP contribution in [0.25, 0.3) is 0 Å². The molecular weight excluding hydrogens is 256 g/mol. The molecule has 96 valence electrons. The fourth-order valence-corrected chi connectivity index (χ4v) is 2.43. The minimum atomic E-state index is -1.35. The molecule has 0 aromatic rings. The van der Waals surface area contributed by atoms with Crippen LogP contribution in [0.4, 0.5) is 0 Å². The van der Waals surface area contributed by atoms with Gasteiger partial charge in [0.15, 0.2) is 0 Å². The third-order valence-corrected chi connectivity index (χ3v) is 3.76. The summed E-state index contributed by atoms with van der Waals surface area (Å²) in [4.78, 5) is 0. The van der Waals surface area contributed by atoms with Gasteiger partial charge in [-0.1, -0.05) is 0 Å². The van der Waals surface area contributed by atoms with E-state index in [2.05, 4.69) is 0 Å². The first kappa shape index (κ1) is 14.5. The Kier molecular flexibility index (Phi) is 5.31. The zero-order chi connectivity index (χ0) is 12.5. The molecule has 0 saturated carbocycles. The van der Waals surface area contributed by atoms with Crippen LogP contribution in [0.15, 0.2) is 0 Å². The van der Waals surface area contributed by atoms with Gasteiger partial charge in [-0.3, -0.25) is 0 Å². The quantitative estimate of drug-likeness (QED) is 0.500. The predicted molar refractivity (Wildman–Crippen MR) is 61.5 cm³/mol. The molecule has 4 N–H and O–H groups in total. The molecule has 0 aliphatic carbocycles. The summed E-state index contributed by atoms with van der Waals surface area (Å²) in [5.41, 5.74) is -0.687. The second-order valence-corrected chi connectivity index (χ2v) is 5.47. The number of thioether (sulfide) groups is 1. The number of alkyl halides is 1. The van der Waals surface area contributed by atoms with Gasteiger partial charge in [0.1, 0.15) is 29.9 Å². The highest BCUT2D eigenvalue weighted by molar-refractivity contribution is 7.99. The molecule has 16 heavy (non-hydrogen) atoms. The summed E-state index contributed by atoms with van der Waals surface area (Å²) in [6.07, 6.45) is -4.28. The Labute approximate surface area is 103 Å². The number of aliphatic hydroxyl groups is 4. The van der Waals surface area contributed by atoms with Crippen LogP contribution >= 0.6 is 23.4 Å². The monoisotopic (exact) mass is 272 g/mol. The molecule has 1 saturated heterocycles. The fourth-order valence-electron chi connectivity index (χ4n) is 1.61. The van der Waals surface area contributed by atoms with Crippen molar-refractivity contribution < 1.29 is 25.2 Å². The second kappa shape index (κ2) is 5.86. The first-order valence-electron chi connectivity index (χ1n) is 4.94. The normalized spacial score (nSPS) is 44.1. The number of hydrogen-bond acceptors (Lipinski definition) is 6. The topological polar surface area (TPSA) is 90.2 Å². The van der Waals surface area contributed by atoms with Crippen LogP contribution in [-0.4, -0.2) is 68.0 Å². The summed E-state index contributed by atoms with van der Waals surface area (Å²) in [5.74, 6) is 0. The lowest BCUT2D eigenvalue weighted by Gasteiger charge is -2.42. The molecule has 0 bridgehead atoms. The van der Waals surface area contributed by atoms with Crippen LogP contribution in [0.1, 0.15) is 6.92 Å². The minimum Gasteiger partial charge on any atom is -0.389 e. The van der Waals surface area contributed by atoms with E-state index < -0.39 is 41.3 Å². The van der Waals surface area contributed by atoms with Gasteiger partial charge in [-0.2, -0.15) is 0 Å². The van der Waals surface area contributed by atoms with E-state index in [1.165, 1.54) is 11.8 Å². The van der Waals surface area contributed by atoms with E-state index in [1.807, 2.05) is 0 Å². The zero-order valence-electron chi connectivity index (χ0n) is 9.02. The highest BCUT2D eigenvalue weighted by Gasteiger charge is 2.46. The van der Waals surface area contributed by atoms with E-state index in [0.717, 1.165) is 0 Å². The summed E-state index contributed by atoms with van der Waals surface area (Å²) < 4.78 is 5.32. The van der Waals surface area contributed by atoms with Crippen LogP contribution in [-0.2, 0) is 4.74 Å². The van der Waals surface area contributed by atoms with Gasteiger partial charge in [0.25, 0.3) is 0 Å². The molecule has 5 nitrogen and oxygen atoms in total. The molecule has 1 unspecified atom stereocenters. The van der Waals surface area contributed by atoms with Gasteiger partial charge in [0, 0.05) is 0 Å². The molecule has 0 aromatic carbocycles. The Hall–Kier alpha value is 0.440. The number of rotatable bonds is 3. The van der Waals surface area contributed by atoms with Gasteiger partial charge in [0.05, 0.1) is 11.5 Å². The Balaban J connectivity index is 2.78. The van der Waals surface area contributed by atoms with Crippen molar-refractivity contribution in [2.75, 3.05) is 6.26 Å². The van der Waals surface area contributed by atoms with E-state index in [0.29, 0.717) is 0 Å². The molecule has 1 aliphatic heterocycles. The number of ether oxygens (including phenoxy) is 1. The maximum absolute atomic E-state index is 9.72. The highest BCUT2D eigenvalue weighted by atomic mass is 35.5. The SMILES string of the molecule is CS[C@H]1O[C@H](C(O)[C@H](C)Cl)[C@H](O)[C@H](O)[C@H]1O. The Bertz CT molecular complexity index is 228. The number of halogens is 1. The zero-order valence-corrected chi connectivity index (χ0v) is 10.6. The summed E-state index contributed by atoms with van der Waals surface area (Å²) in [7, 11) is 0. The molecule has 1 heterocycles. The molecule has 7 heteroatoms. The van der Waals surface area contributed by atoms with Crippen molar-refractivity contribution in [3.63, 3.8) is 0 Å². The highest BCUT2D eigenvalue weighted by Crippen LogP contribution is 2.29. The van der Waals surface area contributed by atoms with Crippen LogP contribution in [0.5, 0.6) is 0 Å². The van der Waals surface area contributed by atoms with Gasteiger partial charge in [-0.05, 0) is 13.2 Å². The third kappa shape index (κ3) is 2.81. The molecule has 1 aliphatic rings. The Morgan fingerprint density at radius 2 is 1.75 bits per heavy atom. The average Bonchev–Trinajstić information content (AvgIpc) is 2.25. The lowest BCUT2D eigenvalue weighted by molar-refractivity contribution is -0.220. The molecule has 0 spiro atoms. The van der Waals surface area contributed by atoms with E-state index in [1.54, 1.807) is 13.2 Å². The van der Waals surface area contributed by atoms with Crippen LogP contribution in [0.2, 0.25) is 0 Å². The van der Waals surface area contributed by atoms with Crippen LogP contribution in [0, 0.1) is 0 Å². The standard InChI is InChI=1S/C9H17ClO5S/c1-3(10)4(11)8-6(13)5(12)7(14)9(15-8)16-2/h3-9,11-14H,1-2H3/t3-,4?,5-,6+,7+,8+,9+/m0/s1. The van der Waals surface area contributed by atoms with Gasteiger partial charge < -0.3 is 25.2 Å². The smallest absolute Gasteiger partial charge is 0.132 e. The summed E-state index contributed by atoms with van der Waals surface area (Å²) in [6.45, 7) is 1.56. The molecule has 0 radical (unpaired) electrons. The summed E-state index contributed by atoms with van der Waals surface area (Å²) >= 11 is 6.90. The first-order chi connectivity index (χ1) is 7.40. The summed E-state index contributed by atoms with van der Waals surface area (Å²) in [5, 5.41) is 38.0. The fraction of sp³-hybridized carbons (Fsp3) is 1.00. The van der Waals surface area contributed by atoms with Gasteiger partial charge in [-0.15, -0.1) is 23.4 Å². The molecule has 7 atom stereocenters. The van der Waals surface area contributed by atoms with Gasteiger partial charge in [-0.25, -0.2) is 0 Å². The van der Waals surface area contributed by atoms with Crippen molar-refractivity contribution in [2.45, 2.75) is 48.3 Å². The van der Waals surface area contributed by atoms with Gasteiger partial charge >= 0.3 is 0 Å². The summed E-state index contributed by atoms with van der Waals surface area (Å²) in [6, 6.07) is 0. The largest absolute Gasteiger partial charge is 0.389 e. The Morgan fingerprint density at radius 3 is 2.19 bits per heavy atom. The molecule has 0 amide bonds. The predicted octanol–water partition coefficient (Wildman–Crippen LogP) is -0.855. The maximum Gasteiger partial charge on any atom is 0.132 e. The van der Waals surface area contributed by atoms with Crippen molar-refractivity contribution >= 4 is 23.4 Å². The minimum absolute atomic E-state index is 0.621. The number of hydrogen-bond donors (Lipinski definition) is 4. The van der Waals surface area contributed by atoms with Crippen molar-refractivity contribution in [2.24, 2.45) is 0 Å². The maximum atomic E-state index is 9.72. The lowest BCUT2D eigenvalue weighted by atomic mass is 9.95. The molecular formula is C9H17ClO5S.